The highest BCUT2D eigenvalue weighted by Gasteiger charge is 2.36. The molecule has 0 heterocycles. The minimum absolute atomic E-state index is 0.0234. The number of halogens is 1. The second-order valence-corrected chi connectivity index (χ2v) is 7.92. The number of carboxylic acids is 1. The standard InChI is InChI=1S/C15H21ClN2O4S/c1-3-18(9-15(19)20)12-7-11(8-12)17-23(21,22)14-5-4-10(2)6-13(14)16/h4-6,11-12,17H,3,7-9H2,1-2H3,(H,19,20). The zero-order valence-corrected chi connectivity index (χ0v) is 14.7. The first-order valence-electron chi connectivity index (χ1n) is 7.47. The van der Waals surface area contributed by atoms with Gasteiger partial charge in [-0.2, -0.15) is 0 Å². The SMILES string of the molecule is CCN(CC(=O)O)C1CC(NS(=O)(=O)c2ccc(C)cc2Cl)C1. The summed E-state index contributed by atoms with van der Waals surface area (Å²) in [6.45, 7) is 4.34. The maximum atomic E-state index is 12.4. The number of nitrogens with one attached hydrogen (secondary N) is 1. The molecule has 0 saturated heterocycles. The molecule has 0 aliphatic heterocycles. The van der Waals surface area contributed by atoms with Crippen LogP contribution in [0.1, 0.15) is 25.3 Å². The molecule has 0 atom stereocenters. The average molecular weight is 361 g/mol. The van der Waals surface area contributed by atoms with Gasteiger partial charge in [0.1, 0.15) is 4.90 Å². The summed E-state index contributed by atoms with van der Waals surface area (Å²) in [6, 6.07) is 4.72. The summed E-state index contributed by atoms with van der Waals surface area (Å²) < 4.78 is 27.4. The van der Waals surface area contributed by atoms with Crippen molar-refractivity contribution in [3.63, 3.8) is 0 Å². The number of hydrogen-bond donors (Lipinski definition) is 2. The first-order valence-corrected chi connectivity index (χ1v) is 9.33. The van der Waals surface area contributed by atoms with Crippen molar-refractivity contribution < 1.29 is 18.3 Å². The van der Waals surface area contributed by atoms with Crippen LogP contribution in [-0.4, -0.2) is 49.6 Å². The lowest BCUT2D eigenvalue weighted by Gasteiger charge is -2.42. The number of sulfonamides is 1. The fraction of sp³-hybridized carbons (Fsp3) is 0.533. The topological polar surface area (TPSA) is 86.7 Å². The molecule has 0 spiro atoms. The molecule has 8 heteroatoms. The van der Waals surface area contributed by atoms with Gasteiger partial charge in [0.25, 0.3) is 0 Å². The van der Waals surface area contributed by atoms with Gasteiger partial charge in [-0.3, -0.25) is 9.69 Å². The lowest BCUT2D eigenvalue weighted by atomic mass is 9.86. The van der Waals surface area contributed by atoms with Crippen LogP contribution in [0.15, 0.2) is 23.1 Å². The highest BCUT2D eigenvalue weighted by atomic mass is 35.5. The summed E-state index contributed by atoms with van der Waals surface area (Å²) in [7, 11) is -3.66. The number of aryl methyl sites for hydroxylation is 1. The van der Waals surface area contributed by atoms with Gasteiger partial charge >= 0.3 is 5.97 Å². The summed E-state index contributed by atoms with van der Waals surface area (Å²) in [4.78, 5) is 12.7. The van der Waals surface area contributed by atoms with Crippen molar-refractivity contribution in [3.05, 3.63) is 28.8 Å². The van der Waals surface area contributed by atoms with Crippen molar-refractivity contribution in [2.75, 3.05) is 13.1 Å². The van der Waals surface area contributed by atoms with Crippen LogP contribution in [0.3, 0.4) is 0 Å². The zero-order valence-electron chi connectivity index (χ0n) is 13.1. The van der Waals surface area contributed by atoms with E-state index in [0.717, 1.165) is 5.56 Å². The molecule has 1 aromatic carbocycles. The maximum Gasteiger partial charge on any atom is 0.317 e. The number of likely N-dealkylation sites (N-methyl/N-ethyl adjacent to an activating group) is 1. The largest absolute Gasteiger partial charge is 0.480 e. The van der Waals surface area contributed by atoms with E-state index in [4.69, 9.17) is 16.7 Å². The molecular formula is C15H21ClN2O4S. The fourth-order valence-electron chi connectivity index (χ4n) is 2.76. The number of carboxylic acid groups (broad SMARTS) is 1. The van der Waals surface area contributed by atoms with Crippen molar-refractivity contribution in [3.8, 4) is 0 Å². The average Bonchev–Trinajstić information content (AvgIpc) is 2.39. The van der Waals surface area contributed by atoms with Gasteiger partial charge in [0.2, 0.25) is 10.0 Å². The molecule has 0 radical (unpaired) electrons. The molecule has 2 rings (SSSR count). The van der Waals surface area contributed by atoms with Crippen LogP contribution in [-0.2, 0) is 14.8 Å². The molecule has 23 heavy (non-hydrogen) atoms. The van der Waals surface area contributed by atoms with E-state index in [1.54, 1.807) is 12.1 Å². The molecule has 6 nitrogen and oxygen atoms in total. The predicted octanol–water partition coefficient (Wildman–Crippen LogP) is 1.86. The van der Waals surface area contributed by atoms with E-state index in [1.807, 2.05) is 18.7 Å². The van der Waals surface area contributed by atoms with E-state index in [0.29, 0.717) is 19.4 Å². The van der Waals surface area contributed by atoms with E-state index in [1.165, 1.54) is 6.07 Å². The molecule has 1 saturated carbocycles. The Morgan fingerprint density at radius 1 is 1.43 bits per heavy atom. The molecule has 1 aliphatic rings. The molecule has 0 bridgehead atoms. The van der Waals surface area contributed by atoms with Gasteiger partial charge in [0.15, 0.2) is 0 Å². The number of carbonyl (C=O) groups is 1. The number of rotatable bonds is 7. The molecule has 0 amide bonds. The van der Waals surface area contributed by atoms with Gasteiger partial charge in [-0.1, -0.05) is 24.6 Å². The summed E-state index contributed by atoms with van der Waals surface area (Å²) in [5.74, 6) is -0.873. The van der Waals surface area contributed by atoms with Gasteiger partial charge in [-0.05, 0) is 44.0 Å². The normalized spacial score (nSPS) is 21.2. The van der Waals surface area contributed by atoms with Crippen molar-refractivity contribution in [1.29, 1.82) is 0 Å². The van der Waals surface area contributed by atoms with E-state index >= 15 is 0 Å². The van der Waals surface area contributed by atoms with Crippen molar-refractivity contribution >= 4 is 27.6 Å². The third-order valence-corrected chi connectivity index (χ3v) is 6.08. The molecule has 0 unspecified atom stereocenters. The summed E-state index contributed by atoms with van der Waals surface area (Å²) in [6.07, 6.45) is 1.20. The zero-order chi connectivity index (χ0) is 17.2. The van der Waals surface area contributed by atoms with E-state index in [9.17, 15) is 13.2 Å². The molecule has 1 fully saturated rings. The Morgan fingerprint density at radius 2 is 2.09 bits per heavy atom. The quantitative estimate of drug-likeness (QED) is 0.775. The maximum absolute atomic E-state index is 12.4. The van der Waals surface area contributed by atoms with Crippen LogP contribution >= 0.6 is 11.6 Å². The van der Waals surface area contributed by atoms with Gasteiger partial charge in [-0.15, -0.1) is 0 Å². The highest BCUT2D eigenvalue weighted by Crippen LogP contribution is 2.29. The number of nitrogens with zero attached hydrogens (tertiary/aromatic N) is 1. The van der Waals surface area contributed by atoms with E-state index < -0.39 is 16.0 Å². The van der Waals surface area contributed by atoms with E-state index in [2.05, 4.69) is 4.72 Å². The molecule has 2 N–H and O–H groups in total. The van der Waals surface area contributed by atoms with Crippen molar-refractivity contribution in [1.82, 2.24) is 9.62 Å². The summed E-state index contributed by atoms with van der Waals surface area (Å²) in [5.41, 5.74) is 0.893. The Hall–Kier alpha value is -1.15. The Kier molecular flexibility index (Phi) is 5.67. The molecule has 1 aromatic rings. The van der Waals surface area contributed by atoms with Gasteiger partial charge in [0.05, 0.1) is 11.6 Å². The number of hydrogen-bond acceptors (Lipinski definition) is 4. The summed E-state index contributed by atoms with van der Waals surface area (Å²) in [5, 5.41) is 9.07. The number of benzene rings is 1. The van der Waals surface area contributed by atoms with Crippen LogP contribution in [0.4, 0.5) is 0 Å². The summed E-state index contributed by atoms with van der Waals surface area (Å²) >= 11 is 6.02. The third kappa shape index (κ3) is 4.44. The van der Waals surface area contributed by atoms with Crippen molar-refractivity contribution in [2.24, 2.45) is 0 Å². The predicted molar refractivity (Wildman–Crippen MR) is 88.2 cm³/mol. The first-order chi connectivity index (χ1) is 10.7. The van der Waals surface area contributed by atoms with Gasteiger partial charge in [0, 0.05) is 12.1 Å². The van der Waals surface area contributed by atoms with E-state index in [-0.39, 0.29) is 28.5 Å². The Bertz CT molecular complexity index is 687. The highest BCUT2D eigenvalue weighted by molar-refractivity contribution is 7.89. The van der Waals surface area contributed by atoms with Crippen LogP contribution in [0.2, 0.25) is 5.02 Å². The molecular weight excluding hydrogens is 340 g/mol. The molecule has 1 aliphatic carbocycles. The second-order valence-electron chi connectivity index (χ2n) is 5.83. The first kappa shape index (κ1) is 18.2. The Labute approximate surface area is 141 Å². The fourth-order valence-corrected chi connectivity index (χ4v) is 4.62. The van der Waals surface area contributed by atoms with Crippen molar-refractivity contribution in [2.45, 2.75) is 43.7 Å². The molecule has 128 valence electrons. The lowest BCUT2D eigenvalue weighted by Crippen LogP contribution is -2.54. The van der Waals surface area contributed by atoms with Crippen LogP contribution in [0.25, 0.3) is 0 Å². The minimum atomic E-state index is -3.66. The number of aliphatic carboxylic acids is 1. The van der Waals surface area contributed by atoms with Gasteiger partial charge < -0.3 is 5.11 Å². The lowest BCUT2D eigenvalue weighted by molar-refractivity contribution is -0.139. The third-order valence-electron chi connectivity index (χ3n) is 4.07. The Morgan fingerprint density at radius 3 is 2.61 bits per heavy atom. The Balaban J connectivity index is 1.97. The molecule has 0 aromatic heterocycles. The minimum Gasteiger partial charge on any atom is -0.480 e. The smallest absolute Gasteiger partial charge is 0.317 e. The van der Waals surface area contributed by atoms with Crippen LogP contribution < -0.4 is 4.72 Å². The van der Waals surface area contributed by atoms with Gasteiger partial charge in [-0.25, -0.2) is 13.1 Å². The van der Waals surface area contributed by atoms with Crippen LogP contribution in [0, 0.1) is 6.92 Å². The second kappa shape index (κ2) is 7.17. The monoisotopic (exact) mass is 360 g/mol. The van der Waals surface area contributed by atoms with Crippen LogP contribution in [0.5, 0.6) is 0 Å².